The zero-order valence-corrected chi connectivity index (χ0v) is 12.9. The first-order valence-electron chi connectivity index (χ1n) is 7.39. The SMILES string of the molecule is NCCc1csc(-c2cccc(CN3CCOCC3)c2)n1. The summed E-state index contributed by atoms with van der Waals surface area (Å²) in [7, 11) is 0. The van der Waals surface area contributed by atoms with E-state index in [1.807, 2.05) is 0 Å². The van der Waals surface area contributed by atoms with E-state index in [1.54, 1.807) is 11.3 Å². The maximum atomic E-state index is 5.59. The number of nitrogens with zero attached hydrogens (tertiary/aromatic N) is 2. The molecule has 0 aliphatic carbocycles. The quantitative estimate of drug-likeness (QED) is 0.919. The maximum absolute atomic E-state index is 5.59. The van der Waals surface area contributed by atoms with E-state index in [1.165, 1.54) is 11.1 Å². The van der Waals surface area contributed by atoms with Crippen molar-refractivity contribution < 1.29 is 4.74 Å². The minimum absolute atomic E-state index is 0.653. The van der Waals surface area contributed by atoms with Crippen LogP contribution in [-0.4, -0.2) is 42.7 Å². The van der Waals surface area contributed by atoms with Gasteiger partial charge in [0.2, 0.25) is 0 Å². The molecule has 1 fully saturated rings. The topological polar surface area (TPSA) is 51.4 Å². The summed E-state index contributed by atoms with van der Waals surface area (Å²) in [4.78, 5) is 7.10. The van der Waals surface area contributed by atoms with Crippen molar-refractivity contribution >= 4 is 11.3 Å². The first kappa shape index (κ1) is 14.7. The average molecular weight is 303 g/mol. The van der Waals surface area contributed by atoms with Gasteiger partial charge in [-0.15, -0.1) is 11.3 Å². The largest absolute Gasteiger partial charge is 0.379 e. The van der Waals surface area contributed by atoms with Crippen LogP contribution in [0.2, 0.25) is 0 Å². The lowest BCUT2D eigenvalue weighted by atomic mass is 10.1. The molecular weight excluding hydrogens is 282 g/mol. The van der Waals surface area contributed by atoms with Crippen molar-refractivity contribution in [2.24, 2.45) is 5.73 Å². The Labute approximate surface area is 129 Å². The van der Waals surface area contributed by atoms with Gasteiger partial charge in [0.05, 0.1) is 18.9 Å². The highest BCUT2D eigenvalue weighted by Crippen LogP contribution is 2.25. The molecule has 1 aliphatic rings. The smallest absolute Gasteiger partial charge is 0.123 e. The zero-order valence-electron chi connectivity index (χ0n) is 12.1. The summed E-state index contributed by atoms with van der Waals surface area (Å²) in [6, 6.07) is 8.69. The van der Waals surface area contributed by atoms with Crippen LogP contribution in [0, 0.1) is 0 Å². The monoisotopic (exact) mass is 303 g/mol. The van der Waals surface area contributed by atoms with Crippen molar-refractivity contribution in [2.75, 3.05) is 32.8 Å². The van der Waals surface area contributed by atoms with Gasteiger partial charge in [-0.2, -0.15) is 0 Å². The third-order valence-corrected chi connectivity index (χ3v) is 4.58. The molecule has 1 aliphatic heterocycles. The summed E-state index contributed by atoms with van der Waals surface area (Å²) < 4.78 is 5.40. The molecule has 0 atom stereocenters. The van der Waals surface area contributed by atoms with Gasteiger partial charge < -0.3 is 10.5 Å². The Balaban J connectivity index is 1.72. The highest BCUT2D eigenvalue weighted by Gasteiger charge is 2.11. The van der Waals surface area contributed by atoms with Crippen LogP contribution in [0.3, 0.4) is 0 Å². The van der Waals surface area contributed by atoms with Gasteiger partial charge in [-0.25, -0.2) is 4.98 Å². The van der Waals surface area contributed by atoms with Crippen LogP contribution in [0.4, 0.5) is 0 Å². The first-order valence-corrected chi connectivity index (χ1v) is 8.27. The van der Waals surface area contributed by atoms with Crippen molar-refractivity contribution in [3.8, 4) is 10.6 Å². The number of hydrogen-bond acceptors (Lipinski definition) is 5. The molecule has 0 radical (unpaired) electrons. The lowest BCUT2D eigenvalue weighted by Crippen LogP contribution is -2.35. The van der Waals surface area contributed by atoms with E-state index >= 15 is 0 Å². The van der Waals surface area contributed by atoms with Crippen molar-refractivity contribution in [2.45, 2.75) is 13.0 Å². The van der Waals surface area contributed by atoms with Gasteiger partial charge in [-0.05, 0) is 18.2 Å². The highest BCUT2D eigenvalue weighted by atomic mass is 32.1. The molecule has 5 heteroatoms. The molecule has 1 aromatic heterocycles. The third kappa shape index (κ3) is 3.89. The van der Waals surface area contributed by atoms with Gasteiger partial charge in [0.25, 0.3) is 0 Å². The van der Waals surface area contributed by atoms with Gasteiger partial charge in [-0.3, -0.25) is 4.90 Å². The maximum Gasteiger partial charge on any atom is 0.123 e. The van der Waals surface area contributed by atoms with E-state index in [0.29, 0.717) is 6.54 Å². The minimum atomic E-state index is 0.653. The summed E-state index contributed by atoms with van der Waals surface area (Å²) in [5.74, 6) is 0. The van der Waals surface area contributed by atoms with Gasteiger partial charge in [0, 0.05) is 37.0 Å². The van der Waals surface area contributed by atoms with Crippen molar-refractivity contribution in [3.05, 3.63) is 40.9 Å². The number of ether oxygens (including phenoxy) is 1. The van der Waals surface area contributed by atoms with E-state index in [0.717, 1.165) is 50.0 Å². The van der Waals surface area contributed by atoms with Crippen LogP contribution in [0.5, 0.6) is 0 Å². The predicted molar refractivity (Wildman–Crippen MR) is 86.4 cm³/mol. The predicted octanol–water partition coefficient (Wildman–Crippen LogP) is 2.14. The molecule has 0 amide bonds. The molecule has 0 bridgehead atoms. The third-order valence-electron chi connectivity index (χ3n) is 3.64. The average Bonchev–Trinajstić information content (AvgIpc) is 2.98. The summed E-state index contributed by atoms with van der Waals surface area (Å²) in [5.41, 5.74) is 9.22. The molecular formula is C16H21N3OS. The first-order chi connectivity index (χ1) is 10.3. The molecule has 0 spiro atoms. The van der Waals surface area contributed by atoms with E-state index in [2.05, 4.69) is 39.5 Å². The fraction of sp³-hybridized carbons (Fsp3) is 0.438. The summed E-state index contributed by atoms with van der Waals surface area (Å²) in [5, 5.41) is 3.19. The van der Waals surface area contributed by atoms with Crippen LogP contribution < -0.4 is 5.73 Å². The molecule has 4 nitrogen and oxygen atoms in total. The minimum Gasteiger partial charge on any atom is -0.379 e. The number of morpholine rings is 1. The molecule has 2 aromatic rings. The van der Waals surface area contributed by atoms with Crippen molar-refractivity contribution in [3.63, 3.8) is 0 Å². The van der Waals surface area contributed by atoms with E-state index in [4.69, 9.17) is 10.5 Å². The standard InChI is InChI=1S/C16H21N3OS/c17-5-4-15-12-21-16(18-15)14-3-1-2-13(10-14)11-19-6-8-20-9-7-19/h1-3,10,12H,4-9,11,17H2. The second-order valence-corrected chi connectivity index (χ2v) is 6.13. The van der Waals surface area contributed by atoms with Gasteiger partial charge in [0.1, 0.15) is 5.01 Å². The van der Waals surface area contributed by atoms with Crippen LogP contribution in [-0.2, 0) is 17.7 Å². The van der Waals surface area contributed by atoms with E-state index in [-0.39, 0.29) is 0 Å². The normalized spacial score (nSPS) is 16.2. The zero-order chi connectivity index (χ0) is 14.5. The number of thiazole rings is 1. The Hall–Kier alpha value is -1.27. The number of rotatable bonds is 5. The van der Waals surface area contributed by atoms with Gasteiger partial charge in [-0.1, -0.05) is 18.2 Å². The van der Waals surface area contributed by atoms with Crippen LogP contribution in [0.15, 0.2) is 29.6 Å². The molecule has 0 unspecified atom stereocenters. The van der Waals surface area contributed by atoms with Crippen molar-refractivity contribution in [1.82, 2.24) is 9.88 Å². The van der Waals surface area contributed by atoms with Gasteiger partial charge >= 0.3 is 0 Å². The number of hydrogen-bond donors (Lipinski definition) is 1. The highest BCUT2D eigenvalue weighted by molar-refractivity contribution is 7.13. The summed E-state index contributed by atoms with van der Waals surface area (Å²) in [6.07, 6.45) is 0.851. The van der Waals surface area contributed by atoms with Gasteiger partial charge in [0.15, 0.2) is 0 Å². The molecule has 3 rings (SSSR count). The molecule has 1 aromatic carbocycles. The Morgan fingerprint density at radius 2 is 2.14 bits per heavy atom. The lowest BCUT2D eigenvalue weighted by Gasteiger charge is -2.26. The lowest BCUT2D eigenvalue weighted by molar-refractivity contribution is 0.0342. The van der Waals surface area contributed by atoms with Crippen LogP contribution >= 0.6 is 11.3 Å². The van der Waals surface area contributed by atoms with Crippen molar-refractivity contribution in [1.29, 1.82) is 0 Å². The number of aromatic nitrogens is 1. The van der Waals surface area contributed by atoms with E-state index < -0.39 is 0 Å². The number of benzene rings is 1. The Morgan fingerprint density at radius 1 is 1.29 bits per heavy atom. The molecule has 2 N–H and O–H groups in total. The molecule has 2 heterocycles. The Bertz CT molecular complexity index is 578. The summed E-state index contributed by atoms with van der Waals surface area (Å²) in [6.45, 7) is 5.35. The van der Waals surface area contributed by atoms with Crippen LogP contribution in [0.25, 0.3) is 10.6 Å². The molecule has 0 saturated carbocycles. The Morgan fingerprint density at radius 3 is 2.95 bits per heavy atom. The van der Waals surface area contributed by atoms with Crippen LogP contribution in [0.1, 0.15) is 11.3 Å². The van der Waals surface area contributed by atoms with E-state index in [9.17, 15) is 0 Å². The summed E-state index contributed by atoms with van der Waals surface area (Å²) >= 11 is 1.70. The fourth-order valence-electron chi connectivity index (χ4n) is 2.52. The molecule has 112 valence electrons. The fourth-order valence-corrected chi connectivity index (χ4v) is 3.37. The molecule has 21 heavy (non-hydrogen) atoms. The second kappa shape index (κ2) is 7.13. The number of nitrogens with two attached hydrogens (primary N) is 1. The molecule has 1 saturated heterocycles. The second-order valence-electron chi connectivity index (χ2n) is 5.27. The Kier molecular flexibility index (Phi) is 4.98.